The standard InChI is InChI=1S/C15H11ClN2OS/c1-10-13(7-4-11-2-5-12(16)6-3-11)17-15-18(14(10)19)8-9-20-15/h2-9H,1H3. The minimum Gasteiger partial charge on any atom is -0.269 e. The van der Waals surface area contributed by atoms with Gasteiger partial charge in [0.2, 0.25) is 0 Å². The Kier molecular flexibility index (Phi) is 3.42. The molecule has 3 rings (SSSR count). The first-order valence-electron chi connectivity index (χ1n) is 6.05. The zero-order valence-corrected chi connectivity index (χ0v) is 12.3. The van der Waals surface area contributed by atoms with E-state index in [0.717, 1.165) is 5.56 Å². The highest BCUT2D eigenvalue weighted by molar-refractivity contribution is 7.15. The number of halogens is 1. The summed E-state index contributed by atoms with van der Waals surface area (Å²) in [6.45, 7) is 1.79. The third-order valence-corrected chi connectivity index (χ3v) is 4.04. The van der Waals surface area contributed by atoms with Crippen molar-refractivity contribution < 1.29 is 0 Å². The number of hydrogen-bond acceptors (Lipinski definition) is 3. The van der Waals surface area contributed by atoms with Crippen LogP contribution in [0.2, 0.25) is 5.02 Å². The number of rotatable bonds is 2. The topological polar surface area (TPSA) is 34.4 Å². The van der Waals surface area contributed by atoms with Gasteiger partial charge in [0, 0.05) is 22.2 Å². The van der Waals surface area contributed by atoms with E-state index in [1.54, 1.807) is 17.5 Å². The van der Waals surface area contributed by atoms with E-state index in [9.17, 15) is 4.79 Å². The summed E-state index contributed by atoms with van der Waals surface area (Å²) >= 11 is 7.30. The average molecular weight is 303 g/mol. The molecule has 0 saturated carbocycles. The van der Waals surface area contributed by atoms with Crippen molar-refractivity contribution >= 4 is 40.1 Å². The number of thiazole rings is 1. The maximum atomic E-state index is 12.1. The molecule has 20 heavy (non-hydrogen) atoms. The lowest BCUT2D eigenvalue weighted by atomic mass is 10.1. The Morgan fingerprint density at radius 2 is 2.00 bits per heavy atom. The maximum absolute atomic E-state index is 12.1. The molecule has 100 valence electrons. The van der Waals surface area contributed by atoms with E-state index in [2.05, 4.69) is 4.98 Å². The second kappa shape index (κ2) is 5.23. The monoisotopic (exact) mass is 302 g/mol. The molecule has 0 fully saturated rings. The van der Waals surface area contributed by atoms with E-state index >= 15 is 0 Å². The zero-order chi connectivity index (χ0) is 14.1. The van der Waals surface area contributed by atoms with Crippen LogP contribution in [-0.4, -0.2) is 9.38 Å². The first-order valence-corrected chi connectivity index (χ1v) is 7.31. The highest BCUT2D eigenvalue weighted by Crippen LogP contribution is 2.14. The van der Waals surface area contributed by atoms with E-state index in [4.69, 9.17) is 11.6 Å². The van der Waals surface area contributed by atoms with Crippen LogP contribution in [0.1, 0.15) is 16.8 Å². The molecule has 3 nitrogen and oxygen atoms in total. The Morgan fingerprint density at radius 1 is 1.25 bits per heavy atom. The van der Waals surface area contributed by atoms with Crippen molar-refractivity contribution in [3.8, 4) is 0 Å². The first-order chi connectivity index (χ1) is 9.65. The van der Waals surface area contributed by atoms with Crippen LogP contribution in [0.4, 0.5) is 0 Å². The number of nitrogens with zero attached hydrogens (tertiary/aromatic N) is 2. The van der Waals surface area contributed by atoms with Gasteiger partial charge in [0.05, 0.1) is 5.69 Å². The molecule has 0 saturated heterocycles. The van der Waals surface area contributed by atoms with Gasteiger partial charge in [-0.1, -0.05) is 29.8 Å². The zero-order valence-electron chi connectivity index (χ0n) is 10.7. The second-order valence-corrected chi connectivity index (χ2v) is 5.68. The minimum absolute atomic E-state index is 0.0213. The van der Waals surface area contributed by atoms with E-state index in [1.807, 2.05) is 41.8 Å². The van der Waals surface area contributed by atoms with Gasteiger partial charge in [-0.25, -0.2) is 4.98 Å². The summed E-state index contributed by atoms with van der Waals surface area (Å²) in [7, 11) is 0. The first kappa shape index (κ1) is 13.1. The molecule has 0 aliphatic carbocycles. The van der Waals surface area contributed by atoms with Crippen LogP contribution >= 0.6 is 22.9 Å². The molecule has 0 bridgehead atoms. The second-order valence-electron chi connectivity index (χ2n) is 4.37. The summed E-state index contributed by atoms with van der Waals surface area (Å²) < 4.78 is 1.57. The molecule has 3 aromatic rings. The highest BCUT2D eigenvalue weighted by atomic mass is 35.5. The van der Waals surface area contributed by atoms with E-state index < -0.39 is 0 Å². The lowest BCUT2D eigenvalue weighted by molar-refractivity contribution is 1.03. The van der Waals surface area contributed by atoms with Crippen molar-refractivity contribution in [2.45, 2.75) is 6.92 Å². The van der Waals surface area contributed by atoms with Crippen molar-refractivity contribution in [1.29, 1.82) is 0 Å². The molecule has 1 aromatic carbocycles. The summed E-state index contributed by atoms with van der Waals surface area (Å²) in [6.07, 6.45) is 5.53. The third-order valence-electron chi connectivity index (χ3n) is 3.03. The predicted molar refractivity (Wildman–Crippen MR) is 84.5 cm³/mol. The van der Waals surface area contributed by atoms with Crippen LogP contribution < -0.4 is 5.56 Å². The van der Waals surface area contributed by atoms with Gasteiger partial charge in [-0.3, -0.25) is 9.20 Å². The summed E-state index contributed by atoms with van der Waals surface area (Å²) in [5, 5.41) is 2.56. The van der Waals surface area contributed by atoms with Crippen LogP contribution in [0, 0.1) is 6.92 Å². The molecule has 0 N–H and O–H groups in total. The summed E-state index contributed by atoms with van der Waals surface area (Å²) in [6, 6.07) is 7.51. The van der Waals surface area contributed by atoms with E-state index in [1.165, 1.54) is 11.3 Å². The lowest BCUT2D eigenvalue weighted by Gasteiger charge is -2.00. The Balaban J connectivity index is 2.04. The normalized spacial score (nSPS) is 11.5. The van der Waals surface area contributed by atoms with Gasteiger partial charge >= 0.3 is 0 Å². The molecule has 0 unspecified atom stereocenters. The summed E-state index contributed by atoms with van der Waals surface area (Å²) in [5.41, 5.74) is 2.34. The fourth-order valence-electron chi connectivity index (χ4n) is 1.90. The number of fused-ring (bicyclic) bond motifs is 1. The van der Waals surface area contributed by atoms with Crippen LogP contribution in [0.25, 0.3) is 17.1 Å². The van der Waals surface area contributed by atoms with Crippen LogP contribution in [-0.2, 0) is 0 Å². The van der Waals surface area contributed by atoms with Gasteiger partial charge in [-0.15, -0.1) is 11.3 Å². The van der Waals surface area contributed by atoms with Gasteiger partial charge in [0.25, 0.3) is 5.56 Å². The van der Waals surface area contributed by atoms with Gasteiger partial charge in [0.1, 0.15) is 0 Å². The van der Waals surface area contributed by atoms with Gasteiger partial charge < -0.3 is 0 Å². The van der Waals surface area contributed by atoms with E-state index in [0.29, 0.717) is 21.2 Å². The van der Waals surface area contributed by atoms with Crippen LogP contribution in [0.15, 0.2) is 40.6 Å². The van der Waals surface area contributed by atoms with Gasteiger partial charge in [-0.05, 0) is 30.7 Å². The SMILES string of the molecule is Cc1c(C=Cc2ccc(Cl)cc2)nc2sccn2c1=O. The highest BCUT2D eigenvalue weighted by Gasteiger charge is 2.06. The molecular weight excluding hydrogens is 292 g/mol. The molecule has 0 aliphatic heterocycles. The minimum atomic E-state index is -0.0213. The summed E-state index contributed by atoms with van der Waals surface area (Å²) in [5.74, 6) is 0. The Hall–Kier alpha value is -1.91. The van der Waals surface area contributed by atoms with Gasteiger partial charge in [0.15, 0.2) is 4.96 Å². The average Bonchev–Trinajstić information content (AvgIpc) is 2.91. The molecule has 2 aromatic heterocycles. The van der Waals surface area contributed by atoms with Crippen LogP contribution in [0.3, 0.4) is 0 Å². The fraction of sp³-hybridized carbons (Fsp3) is 0.0667. The molecule has 0 spiro atoms. The molecule has 5 heteroatoms. The molecule has 0 amide bonds. The number of hydrogen-bond donors (Lipinski definition) is 0. The Morgan fingerprint density at radius 3 is 2.75 bits per heavy atom. The quantitative estimate of drug-likeness (QED) is 0.720. The van der Waals surface area contributed by atoms with Gasteiger partial charge in [-0.2, -0.15) is 0 Å². The van der Waals surface area contributed by atoms with Crippen molar-refractivity contribution in [1.82, 2.24) is 9.38 Å². The van der Waals surface area contributed by atoms with Crippen molar-refractivity contribution in [2.24, 2.45) is 0 Å². The molecule has 0 aliphatic rings. The predicted octanol–water partition coefficient (Wildman–Crippen LogP) is 3.89. The summed E-state index contributed by atoms with van der Waals surface area (Å²) in [4.78, 5) is 17.3. The molecule has 0 radical (unpaired) electrons. The number of benzene rings is 1. The van der Waals surface area contributed by atoms with Crippen molar-refractivity contribution in [2.75, 3.05) is 0 Å². The molecular formula is C15H11ClN2OS. The fourth-order valence-corrected chi connectivity index (χ4v) is 2.73. The number of aromatic nitrogens is 2. The largest absolute Gasteiger partial charge is 0.269 e. The molecule has 0 atom stereocenters. The third kappa shape index (κ3) is 2.40. The Labute approximate surface area is 124 Å². The smallest absolute Gasteiger partial charge is 0.262 e. The molecule has 2 heterocycles. The lowest BCUT2D eigenvalue weighted by Crippen LogP contribution is -2.17. The van der Waals surface area contributed by atoms with Crippen LogP contribution in [0.5, 0.6) is 0 Å². The van der Waals surface area contributed by atoms with Crippen molar-refractivity contribution in [3.63, 3.8) is 0 Å². The Bertz CT molecular complexity index is 846. The maximum Gasteiger partial charge on any atom is 0.262 e. The van der Waals surface area contributed by atoms with Crippen molar-refractivity contribution in [3.05, 3.63) is 68.0 Å². The van der Waals surface area contributed by atoms with E-state index in [-0.39, 0.29) is 5.56 Å².